The average Bonchev–Trinajstić information content (AvgIpc) is 2.70. The van der Waals surface area contributed by atoms with Gasteiger partial charge in [-0.1, -0.05) is 26.2 Å². The monoisotopic (exact) mass is 226 g/mol. The summed E-state index contributed by atoms with van der Waals surface area (Å²) in [6.07, 6.45) is 7.35. The smallest absolute Gasteiger partial charge is 0.234 e. The molecule has 0 aromatic rings. The molecule has 3 heteroatoms. The molecule has 94 valence electrons. The molecule has 0 bridgehead atoms. The second-order valence-electron chi connectivity index (χ2n) is 4.95. The van der Waals surface area contributed by atoms with E-state index in [1.54, 1.807) is 0 Å². The first-order valence-corrected chi connectivity index (χ1v) is 6.74. The van der Waals surface area contributed by atoms with Gasteiger partial charge >= 0.3 is 0 Å². The van der Waals surface area contributed by atoms with Crippen LogP contribution in [0.1, 0.15) is 52.4 Å². The summed E-state index contributed by atoms with van der Waals surface area (Å²) in [5, 5.41) is 3.09. The van der Waals surface area contributed by atoms with Gasteiger partial charge in [0, 0.05) is 6.04 Å². The summed E-state index contributed by atoms with van der Waals surface area (Å²) in [6.45, 7) is 7.10. The van der Waals surface area contributed by atoms with Crippen LogP contribution in [0.4, 0.5) is 0 Å². The number of amides is 1. The molecule has 1 aliphatic heterocycles. The highest BCUT2D eigenvalue weighted by Crippen LogP contribution is 2.07. The number of nitrogens with zero attached hydrogens (tertiary/aromatic N) is 1. The Morgan fingerprint density at radius 1 is 1.31 bits per heavy atom. The van der Waals surface area contributed by atoms with E-state index in [1.165, 1.54) is 32.1 Å². The minimum absolute atomic E-state index is 0.200. The fourth-order valence-corrected chi connectivity index (χ4v) is 2.24. The van der Waals surface area contributed by atoms with Gasteiger partial charge in [0.2, 0.25) is 5.91 Å². The topological polar surface area (TPSA) is 32.3 Å². The molecule has 1 aliphatic rings. The molecule has 1 heterocycles. The maximum atomic E-state index is 11.7. The molecule has 1 amide bonds. The molecule has 1 N–H and O–H groups in total. The zero-order valence-electron chi connectivity index (χ0n) is 10.8. The van der Waals surface area contributed by atoms with Gasteiger partial charge in [0.05, 0.1) is 6.54 Å². The van der Waals surface area contributed by atoms with E-state index in [1.807, 2.05) is 0 Å². The predicted octanol–water partition coefficient (Wildman–Crippen LogP) is 2.17. The third-order valence-corrected chi connectivity index (χ3v) is 3.21. The highest BCUT2D eigenvalue weighted by molar-refractivity contribution is 5.78. The van der Waals surface area contributed by atoms with Gasteiger partial charge in [-0.25, -0.2) is 0 Å². The van der Waals surface area contributed by atoms with Gasteiger partial charge < -0.3 is 5.32 Å². The van der Waals surface area contributed by atoms with Crippen molar-refractivity contribution in [3.05, 3.63) is 0 Å². The van der Waals surface area contributed by atoms with Crippen LogP contribution in [0, 0.1) is 0 Å². The van der Waals surface area contributed by atoms with Crippen LogP contribution < -0.4 is 5.32 Å². The Kier molecular flexibility index (Phi) is 6.46. The van der Waals surface area contributed by atoms with Crippen molar-refractivity contribution in [1.29, 1.82) is 0 Å². The summed E-state index contributed by atoms with van der Waals surface area (Å²) >= 11 is 0. The predicted molar refractivity (Wildman–Crippen MR) is 67.4 cm³/mol. The van der Waals surface area contributed by atoms with Crippen LogP contribution in [0.15, 0.2) is 0 Å². The van der Waals surface area contributed by atoms with Crippen molar-refractivity contribution >= 4 is 5.91 Å². The molecule has 0 radical (unpaired) electrons. The first-order valence-electron chi connectivity index (χ1n) is 6.74. The molecule has 0 saturated carbocycles. The van der Waals surface area contributed by atoms with Crippen molar-refractivity contribution in [3.63, 3.8) is 0 Å². The fourth-order valence-electron chi connectivity index (χ4n) is 2.24. The van der Waals surface area contributed by atoms with E-state index in [0.717, 1.165) is 19.5 Å². The van der Waals surface area contributed by atoms with E-state index < -0.39 is 0 Å². The van der Waals surface area contributed by atoms with Crippen LogP contribution in [0.5, 0.6) is 0 Å². The Bertz CT molecular complexity index is 200. The summed E-state index contributed by atoms with van der Waals surface area (Å²) in [4.78, 5) is 13.9. The Hall–Kier alpha value is -0.570. The number of carbonyl (C=O) groups is 1. The highest BCUT2D eigenvalue weighted by Gasteiger charge is 2.15. The molecule has 0 aromatic carbocycles. The molecule has 1 atom stereocenters. The molecule has 0 aromatic heterocycles. The van der Waals surface area contributed by atoms with Gasteiger partial charge in [0.25, 0.3) is 0 Å². The van der Waals surface area contributed by atoms with Crippen LogP contribution in [0.2, 0.25) is 0 Å². The minimum atomic E-state index is 0.200. The number of hydrogen-bond acceptors (Lipinski definition) is 2. The van der Waals surface area contributed by atoms with Crippen LogP contribution in [0.3, 0.4) is 0 Å². The van der Waals surface area contributed by atoms with E-state index in [2.05, 4.69) is 24.1 Å². The largest absolute Gasteiger partial charge is 0.353 e. The molecule has 1 saturated heterocycles. The minimum Gasteiger partial charge on any atom is -0.353 e. The molecule has 3 nitrogen and oxygen atoms in total. The van der Waals surface area contributed by atoms with Gasteiger partial charge in [0.15, 0.2) is 0 Å². The molecule has 0 spiro atoms. The van der Waals surface area contributed by atoms with Crippen molar-refractivity contribution in [3.8, 4) is 0 Å². The lowest BCUT2D eigenvalue weighted by molar-refractivity contribution is -0.122. The van der Waals surface area contributed by atoms with Crippen LogP contribution in [0.25, 0.3) is 0 Å². The van der Waals surface area contributed by atoms with E-state index in [9.17, 15) is 4.79 Å². The highest BCUT2D eigenvalue weighted by atomic mass is 16.2. The van der Waals surface area contributed by atoms with Gasteiger partial charge in [-0.15, -0.1) is 0 Å². The van der Waals surface area contributed by atoms with E-state index >= 15 is 0 Å². The van der Waals surface area contributed by atoms with Crippen molar-refractivity contribution < 1.29 is 4.79 Å². The second-order valence-corrected chi connectivity index (χ2v) is 4.95. The summed E-state index contributed by atoms with van der Waals surface area (Å²) in [7, 11) is 0. The quantitative estimate of drug-likeness (QED) is 0.675. The Morgan fingerprint density at radius 2 is 2.00 bits per heavy atom. The summed E-state index contributed by atoms with van der Waals surface area (Å²) < 4.78 is 0. The summed E-state index contributed by atoms with van der Waals surface area (Å²) in [6, 6.07) is 0.335. The Labute approximate surface area is 99.6 Å². The fraction of sp³-hybridized carbons (Fsp3) is 0.923. The van der Waals surface area contributed by atoms with E-state index in [0.29, 0.717) is 12.6 Å². The van der Waals surface area contributed by atoms with Crippen molar-refractivity contribution in [2.24, 2.45) is 0 Å². The van der Waals surface area contributed by atoms with E-state index in [-0.39, 0.29) is 5.91 Å². The number of carbonyl (C=O) groups excluding carboxylic acids is 1. The van der Waals surface area contributed by atoms with Crippen LogP contribution >= 0.6 is 0 Å². The summed E-state index contributed by atoms with van der Waals surface area (Å²) in [5.74, 6) is 0.200. The number of unbranched alkanes of at least 4 members (excludes halogenated alkanes) is 2. The lowest BCUT2D eigenvalue weighted by Crippen LogP contribution is -2.40. The van der Waals surface area contributed by atoms with Crippen molar-refractivity contribution in [2.45, 2.75) is 58.4 Å². The molecule has 16 heavy (non-hydrogen) atoms. The molecule has 0 aliphatic carbocycles. The van der Waals surface area contributed by atoms with Gasteiger partial charge in [-0.05, 0) is 39.3 Å². The molecule has 0 unspecified atom stereocenters. The maximum Gasteiger partial charge on any atom is 0.234 e. The van der Waals surface area contributed by atoms with Gasteiger partial charge in [-0.3, -0.25) is 9.69 Å². The third kappa shape index (κ3) is 5.50. The van der Waals surface area contributed by atoms with Crippen LogP contribution in [-0.2, 0) is 4.79 Å². The zero-order valence-corrected chi connectivity index (χ0v) is 10.8. The van der Waals surface area contributed by atoms with Crippen molar-refractivity contribution in [2.75, 3.05) is 19.6 Å². The SMILES string of the molecule is CCCCC[C@H](C)NC(=O)CN1CCCC1. The third-order valence-electron chi connectivity index (χ3n) is 3.21. The van der Waals surface area contributed by atoms with Crippen LogP contribution in [-0.4, -0.2) is 36.5 Å². The van der Waals surface area contributed by atoms with Gasteiger partial charge in [0.1, 0.15) is 0 Å². The summed E-state index contributed by atoms with van der Waals surface area (Å²) in [5.41, 5.74) is 0. The first kappa shape index (κ1) is 13.5. The average molecular weight is 226 g/mol. The molecular formula is C13H26N2O. The van der Waals surface area contributed by atoms with Crippen molar-refractivity contribution in [1.82, 2.24) is 10.2 Å². The number of rotatable bonds is 7. The molecular weight excluding hydrogens is 200 g/mol. The Morgan fingerprint density at radius 3 is 2.62 bits per heavy atom. The lowest BCUT2D eigenvalue weighted by Gasteiger charge is -2.17. The normalized spacial score (nSPS) is 18.6. The second kappa shape index (κ2) is 7.66. The molecule has 1 fully saturated rings. The van der Waals surface area contributed by atoms with Gasteiger partial charge in [-0.2, -0.15) is 0 Å². The maximum absolute atomic E-state index is 11.7. The zero-order chi connectivity index (χ0) is 11.8. The molecule has 1 rings (SSSR count). The number of hydrogen-bond donors (Lipinski definition) is 1. The number of likely N-dealkylation sites (tertiary alicyclic amines) is 1. The number of nitrogens with one attached hydrogen (secondary N) is 1. The Balaban J connectivity index is 2.07. The standard InChI is InChI=1S/C13H26N2O/c1-3-4-5-8-12(2)14-13(16)11-15-9-6-7-10-15/h12H,3-11H2,1-2H3,(H,14,16)/t12-/m0/s1. The first-order chi connectivity index (χ1) is 7.72. The lowest BCUT2D eigenvalue weighted by atomic mass is 10.1. The van der Waals surface area contributed by atoms with E-state index in [4.69, 9.17) is 0 Å².